The number of benzene rings is 1. The van der Waals surface area contributed by atoms with Crippen LogP contribution in [0.25, 0.3) is 11.0 Å². The summed E-state index contributed by atoms with van der Waals surface area (Å²) < 4.78 is 13.2. The molecule has 5 rings (SSSR count). The largest absolute Gasteiger partial charge is 0.353 e. The van der Waals surface area contributed by atoms with E-state index in [0.717, 1.165) is 55.6 Å². The van der Waals surface area contributed by atoms with Crippen LogP contribution in [0.3, 0.4) is 0 Å². The molecule has 0 unspecified atom stereocenters. The minimum absolute atomic E-state index is 0.0807. The van der Waals surface area contributed by atoms with Gasteiger partial charge < -0.3 is 9.80 Å². The van der Waals surface area contributed by atoms with Gasteiger partial charge in [-0.2, -0.15) is 0 Å². The molecule has 7 heteroatoms. The van der Waals surface area contributed by atoms with E-state index >= 15 is 0 Å². The first-order valence-electron chi connectivity index (χ1n) is 10.5. The second-order valence-corrected chi connectivity index (χ2v) is 8.13. The fraction of sp³-hybridized carbons (Fsp3) is 0.391. The van der Waals surface area contributed by atoms with Gasteiger partial charge in [-0.15, -0.1) is 0 Å². The van der Waals surface area contributed by atoms with Gasteiger partial charge in [0.1, 0.15) is 11.6 Å². The highest BCUT2D eigenvalue weighted by Crippen LogP contribution is 2.32. The molecule has 2 saturated heterocycles. The van der Waals surface area contributed by atoms with Crippen LogP contribution in [0.4, 0.5) is 10.2 Å². The summed E-state index contributed by atoms with van der Waals surface area (Å²) >= 11 is 0. The number of piperazine rings is 1. The molecule has 1 aromatic carbocycles. The highest BCUT2D eigenvalue weighted by Gasteiger charge is 2.42. The summed E-state index contributed by atoms with van der Waals surface area (Å²) in [5, 5.41) is 0. The molecule has 2 atom stereocenters. The van der Waals surface area contributed by atoms with Crippen LogP contribution in [-0.4, -0.2) is 51.4 Å². The molecular formula is C23H24FN5O. The number of carbonyl (C=O) groups is 1. The Balaban J connectivity index is 1.20. The average molecular weight is 405 g/mol. The van der Waals surface area contributed by atoms with Gasteiger partial charge in [-0.1, -0.05) is 12.1 Å². The second-order valence-electron chi connectivity index (χ2n) is 8.13. The predicted molar refractivity (Wildman–Crippen MR) is 112 cm³/mol. The zero-order valence-corrected chi connectivity index (χ0v) is 16.7. The Morgan fingerprint density at radius 1 is 1.07 bits per heavy atom. The molecule has 6 nitrogen and oxygen atoms in total. The van der Waals surface area contributed by atoms with Crippen molar-refractivity contribution in [3.63, 3.8) is 0 Å². The standard InChI is InChI=1S/C23H24FN5O/c24-18-7-8-21(27-14-18)28-11-12-29-19(15-28)13-17(23(29)30)5-1-3-16-4-2-6-20-22(16)26-10-9-25-20/h2,4,6-10,14,17,19H,1,3,5,11-13,15H2/t17-,19-/m0/s1. The molecule has 4 heterocycles. The predicted octanol–water partition coefficient (Wildman–Crippen LogP) is 3.22. The van der Waals surface area contributed by atoms with Crippen LogP contribution < -0.4 is 4.90 Å². The molecule has 30 heavy (non-hydrogen) atoms. The van der Waals surface area contributed by atoms with Gasteiger partial charge in [0.05, 0.1) is 23.3 Å². The maximum absolute atomic E-state index is 13.2. The third kappa shape index (κ3) is 3.60. The number of amides is 1. The van der Waals surface area contributed by atoms with Gasteiger partial charge in [-0.25, -0.2) is 9.37 Å². The van der Waals surface area contributed by atoms with E-state index in [9.17, 15) is 9.18 Å². The van der Waals surface area contributed by atoms with Gasteiger partial charge in [0.2, 0.25) is 5.91 Å². The molecular weight excluding hydrogens is 381 g/mol. The van der Waals surface area contributed by atoms with E-state index < -0.39 is 0 Å². The number of carbonyl (C=O) groups excluding carboxylic acids is 1. The summed E-state index contributed by atoms with van der Waals surface area (Å²) in [5.41, 5.74) is 3.06. The van der Waals surface area contributed by atoms with Crippen LogP contribution in [0.1, 0.15) is 24.8 Å². The quantitative estimate of drug-likeness (QED) is 0.652. The van der Waals surface area contributed by atoms with Gasteiger partial charge >= 0.3 is 0 Å². The summed E-state index contributed by atoms with van der Waals surface area (Å²) in [6.07, 6.45) is 8.31. The number of nitrogens with zero attached hydrogens (tertiary/aromatic N) is 5. The summed E-state index contributed by atoms with van der Waals surface area (Å²) in [7, 11) is 0. The first-order chi connectivity index (χ1) is 14.7. The number of pyridine rings is 1. The molecule has 0 N–H and O–H groups in total. The third-order valence-corrected chi connectivity index (χ3v) is 6.29. The maximum Gasteiger partial charge on any atom is 0.226 e. The number of aromatic nitrogens is 3. The lowest BCUT2D eigenvalue weighted by Crippen LogP contribution is -2.51. The van der Waals surface area contributed by atoms with Gasteiger partial charge in [-0.3, -0.25) is 14.8 Å². The number of halogens is 1. The van der Waals surface area contributed by atoms with Crippen molar-refractivity contribution in [2.75, 3.05) is 24.5 Å². The molecule has 0 aliphatic carbocycles. The number of hydrogen-bond donors (Lipinski definition) is 0. The maximum atomic E-state index is 13.2. The average Bonchev–Trinajstić information content (AvgIpc) is 3.09. The monoisotopic (exact) mass is 405 g/mol. The summed E-state index contributed by atoms with van der Waals surface area (Å²) in [4.78, 5) is 30.1. The van der Waals surface area contributed by atoms with Crippen LogP contribution in [-0.2, 0) is 11.2 Å². The van der Waals surface area contributed by atoms with E-state index in [4.69, 9.17) is 0 Å². The minimum Gasteiger partial charge on any atom is -0.353 e. The number of para-hydroxylation sites is 1. The number of anilines is 1. The zero-order chi connectivity index (χ0) is 20.5. The van der Waals surface area contributed by atoms with Gasteiger partial charge in [0, 0.05) is 37.9 Å². The number of rotatable bonds is 5. The minimum atomic E-state index is -0.328. The first-order valence-corrected chi connectivity index (χ1v) is 10.5. The Kier molecular flexibility index (Phi) is 5.02. The van der Waals surface area contributed by atoms with E-state index in [1.165, 1.54) is 17.8 Å². The normalized spacial score (nSPS) is 21.3. The van der Waals surface area contributed by atoms with Crippen LogP contribution >= 0.6 is 0 Å². The highest BCUT2D eigenvalue weighted by atomic mass is 19.1. The molecule has 2 aromatic heterocycles. The van der Waals surface area contributed by atoms with Crippen LogP contribution in [0.15, 0.2) is 48.9 Å². The topological polar surface area (TPSA) is 62.2 Å². The lowest BCUT2D eigenvalue weighted by molar-refractivity contribution is -0.132. The van der Waals surface area contributed by atoms with Crippen LogP contribution in [0, 0.1) is 11.7 Å². The molecule has 2 aliphatic heterocycles. The van der Waals surface area contributed by atoms with Crippen molar-refractivity contribution >= 4 is 22.8 Å². The van der Waals surface area contributed by atoms with Gasteiger partial charge in [0.25, 0.3) is 0 Å². The van der Waals surface area contributed by atoms with Crippen molar-refractivity contribution in [2.24, 2.45) is 5.92 Å². The molecule has 0 bridgehead atoms. The van der Waals surface area contributed by atoms with Crippen LogP contribution in [0.5, 0.6) is 0 Å². The Hall–Kier alpha value is -3.09. The molecule has 2 fully saturated rings. The molecule has 0 saturated carbocycles. The SMILES string of the molecule is O=C1[C@@H](CCCc2cccc3nccnc23)C[C@H]2CN(c3ccc(F)cn3)CCN12. The molecule has 2 aliphatic rings. The fourth-order valence-electron chi connectivity index (χ4n) is 4.81. The summed E-state index contributed by atoms with van der Waals surface area (Å²) in [6, 6.07) is 9.47. The molecule has 3 aromatic rings. The van der Waals surface area contributed by atoms with Crippen molar-refractivity contribution in [1.82, 2.24) is 19.9 Å². The van der Waals surface area contributed by atoms with Gasteiger partial charge in [-0.05, 0) is 49.4 Å². The van der Waals surface area contributed by atoms with E-state index in [1.54, 1.807) is 18.5 Å². The smallest absolute Gasteiger partial charge is 0.226 e. The molecule has 0 radical (unpaired) electrons. The van der Waals surface area contributed by atoms with Crippen molar-refractivity contribution in [2.45, 2.75) is 31.7 Å². The lowest BCUT2D eigenvalue weighted by atomic mass is 9.96. The Morgan fingerprint density at radius 3 is 2.83 bits per heavy atom. The second kappa shape index (κ2) is 7.97. The van der Waals surface area contributed by atoms with E-state index in [-0.39, 0.29) is 23.7 Å². The Labute approximate surface area is 174 Å². The summed E-state index contributed by atoms with van der Waals surface area (Å²) in [6.45, 7) is 2.21. The van der Waals surface area contributed by atoms with E-state index in [1.807, 2.05) is 17.0 Å². The van der Waals surface area contributed by atoms with Gasteiger partial charge in [0.15, 0.2) is 0 Å². The molecule has 154 valence electrons. The number of hydrogen-bond acceptors (Lipinski definition) is 5. The van der Waals surface area contributed by atoms with Crippen molar-refractivity contribution in [3.05, 3.63) is 60.3 Å². The third-order valence-electron chi connectivity index (χ3n) is 6.29. The zero-order valence-electron chi connectivity index (χ0n) is 16.7. The number of aryl methyl sites for hydroxylation is 1. The van der Waals surface area contributed by atoms with Crippen LogP contribution in [0.2, 0.25) is 0 Å². The Morgan fingerprint density at radius 2 is 1.97 bits per heavy atom. The molecule has 0 spiro atoms. The highest BCUT2D eigenvalue weighted by molar-refractivity contribution is 5.82. The molecule has 1 amide bonds. The number of fused-ring (bicyclic) bond motifs is 2. The van der Waals surface area contributed by atoms with Crippen molar-refractivity contribution in [3.8, 4) is 0 Å². The van der Waals surface area contributed by atoms with E-state index in [2.05, 4.69) is 25.9 Å². The Bertz CT molecular complexity index is 1050. The summed E-state index contributed by atoms with van der Waals surface area (Å²) in [5.74, 6) is 0.816. The lowest BCUT2D eigenvalue weighted by Gasteiger charge is -2.38. The van der Waals surface area contributed by atoms with E-state index in [0.29, 0.717) is 6.54 Å². The van der Waals surface area contributed by atoms with Crippen molar-refractivity contribution in [1.29, 1.82) is 0 Å². The first kappa shape index (κ1) is 18.9. The van der Waals surface area contributed by atoms with Crippen molar-refractivity contribution < 1.29 is 9.18 Å². The fourth-order valence-corrected chi connectivity index (χ4v) is 4.81.